The zero-order valence-electron chi connectivity index (χ0n) is 18.6. The number of carbonyl (C=O) groups excluding carboxylic acids is 2. The number of nitrogens with one attached hydrogen (secondary N) is 1. The van der Waals surface area contributed by atoms with E-state index < -0.39 is 24.0 Å². The number of hydrogen-bond acceptors (Lipinski definition) is 4. The minimum absolute atomic E-state index is 0.0688. The number of nitrogens with zero attached hydrogens (tertiary/aromatic N) is 1. The van der Waals surface area contributed by atoms with Gasteiger partial charge >= 0.3 is 12.1 Å². The van der Waals surface area contributed by atoms with Gasteiger partial charge in [-0.1, -0.05) is 48.5 Å². The van der Waals surface area contributed by atoms with Crippen molar-refractivity contribution in [1.29, 1.82) is 0 Å². The van der Waals surface area contributed by atoms with Crippen LogP contribution in [-0.4, -0.2) is 47.7 Å². The van der Waals surface area contributed by atoms with E-state index in [4.69, 9.17) is 9.84 Å². The molecule has 3 aromatic rings. The van der Waals surface area contributed by atoms with Crippen molar-refractivity contribution in [1.82, 2.24) is 4.90 Å². The third kappa shape index (κ3) is 4.54. The average molecular weight is 523 g/mol. The highest BCUT2D eigenvalue weighted by Gasteiger charge is 2.29. The summed E-state index contributed by atoms with van der Waals surface area (Å²) in [5.41, 5.74) is 5.09. The van der Waals surface area contributed by atoms with Crippen molar-refractivity contribution < 1.29 is 24.2 Å². The molecule has 0 unspecified atom stereocenters. The van der Waals surface area contributed by atoms with Crippen molar-refractivity contribution in [3.05, 3.63) is 87.9 Å². The van der Waals surface area contributed by atoms with Crippen LogP contribution in [0.5, 0.6) is 0 Å². The molecule has 0 aromatic heterocycles. The number of carbonyl (C=O) groups is 3. The summed E-state index contributed by atoms with van der Waals surface area (Å²) in [6, 6.07) is 19.8. The number of carboxylic acids is 1. The van der Waals surface area contributed by atoms with Gasteiger partial charge in [-0.25, -0.2) is 9.59 Å². The Kier molecular flexibility index (Phi) is 6.70. The molecule has 0 saturated carbocycles. The number of ether oxygens (including phenoxy) is 1. The molecule has 0 aliphatic heterocycles. The van der Waals surface area contributed by atoms with Gasteiger partial charge in [-0.05, 0) is 63.3 Å². The monoisotopic (exact) mass is 522 g/mol. The predicted octanol–water partition coefficient (Wildman–Crippen LogP) is 5.36. The lowest BCUT2D eigenvalue weighted by atomic mass is 9.98. The second kappa shape index (κ2) is 9.69. The lowest BCUT2D eigenvalue weighted by Crippen LogP contribution is -2.40. The molecule has 3 aromatic carbocycles. The number of rotatable bonds is 6. The van der Waals surface area contributed by atoms with Gasteiger partial charge in [0.2, 0.25) is 0 Å². The van der Waals surface area contributed by atoms with Crippen molar-refractivity contribution in [3.63, 3.8) is 0 Å². The first-order chi connectivity index (χ1) is 16.3. The molecular weight excluding hydrogens is 500 g/mol. The lowest BCUT2D eigenvalue weighted by molar-refractivity contribution is -0.141. The van der Waals surface area contributed by atoms with Gasteiger partial charge in [-0.15, -0.1) is 0 Å². The van der Waals surface area contributed by atoms with Gasteiger partial charge in [0.25, 0.3) is 5.91 Å². The van der Waals surface area contributed by atoms with E-state index in [0.717, 1.165) is 27.2 Å². The summed E-state index contributed by atoms with van der Waals surface area (Å²) in [7, 11) is 1.42. The lowest BCUT2D eigenvalue weighted by Gasteiger charge is -2.22. The second-order valence-corrected chi connectivity index (χ2v) is 8.93. The molecule has 34 heavy (non-hydrogen) atoms. The second-order valence-electron chi connectivity index (χ2n) is 8.08. The van der Waals surface area contributed by atoms with Gasteiger partial charge in [0.1, 0.15) is 12.6 Å². The first kappa shape index (κ1) is 23.5. The Hall–Kier alpha value is -3.65. The number of amides is 2. The van der Waals surface area contributed by atoms with Crippen LogP contribution in [0, 0.1) is 0 Å². The summed E-state index contributed by atoms with van der Waals surface area (Å²) in [5.74, 6) is -1.65. The molecule has 0 fully saturated rings. The molecule has 0 saturated heterocycles. The molecule has 174 valence electrons. The van der Waals surface area contributed by atoms with E-state index in [1.165, 1.54) is 20.0 Å². The van der Waals surface area contributed by atoms with Crippen LogP contribution in [0.3, 0.4) is 0 Å². The average Bonchev–Trinajstić information content (AvgIpc) is 3.16. The third-order valence-corrected chi connectivity index (χ3v) is 6.74. The summed E-state index contributed by atoms with van der Waals surface area (Å²) in [6.07, 6.45) is -0.653. The maximum Gasteiger partial charge on any atom is 0.411 e. The Balaban J connectivity index is 1.46. The van der Waals surface area contributed by atoms with Crippen LogP contribution in [-0.2, 0) is 9.53 Å². The number of hydrogen-bond donors (Lipinski definition) is 2. The van der Waals surface area contributed by atoms with E-state index in [1.54, 1.807) is 12.1 Å². The van der Waals surface area contributed by atoms with Crippen LogP contribution in [0.2, 0.25) is 0 Å². The number of benzene rings is 3. The highest BCUT2D eigenvalue weighted by atomic mass is 79.9. The van der Waals surface area contributed by atoms with E-state index in [2.05, 4.69) is 33.4 Å². The first-order valence-electron chi connectivity index (χ1n) is 10.7. The number of aliphatic carboxylic acids is 1. The summed E-state index contributed by atoms with van der Waals surface area (Å²) in [4.78, 5) is 37.6. The molecule has 2 amide bonds. The fourth-order valence-electron chi connectivity index (χ4n) is 4.04. The number of halogens is 1. The third-order valence-electron chi connectivity index (χ3n) is 6.05. The smallest absolute Gasteiger partial charge is 0.411 e. The van der Waals surface area contributed by atoms with E-state index in [0.29, 0.717) is 10.2 Å². The molecule has 0 bridgehead atoms. The molecular formula is C26H23BrN2O5. The summed E-state index contributed by atoms with van der Waals surface area (Å²) >= 11 is 3.37. The molecule has 0 heterocycles. The quantitative estimate of drug-likeness (QED) is 0.454. The van der Waals surface area contributed by atoms with Crippen molar-refractivity contribution in [3.8, 4) is 11.1 Å². The number of fused-ring (bicyclic) bond motifs is 3. The van der Waals surface area contributed by atoms with Crippen LogP contribution >= 0.6 is 15.9 Å². The zero-order chi connectivity index (χ0) is 24.4. The fourth-order valence-corrected chi connectivity index (χ4v) is 4.39. The maximum atomic E-state index is 12.7. The summed E-state index contributed by atoms with van der Waals surface area (Å²) in [6.45, 7) is 1.59. The predicted molar refractivity (Wildman–Crippen MR) is 132 cm³/mol. The molecule has 2 N–H and O–H groups in total. The molecule has 1 aliphatic carbocycles. The van der Waals surface area contributed by atoms with Gasteiger partial charge in [0, 0.05) is 23.0 Å². The SMILES string of the molecule is C[C@@H](C(=O)O)N(C)C(=O)c1ccc(Br)c(NC(=O)OCC2c3ccccc3-c3ccccc32)c1. The Morgan fingerprint density at radius 3 is 2.21 bits per heavy atom. The highest BCUT2D eigenvalue weighted by molar-refractivity contribution is 9.10. The zero-order valence-corrected chi connectivity index (χ0v) is 20.2. The Morgan fingerprint density at radius 1 is 1.03 bits per heavy atom. The molecule has 0 spiro atoms. The van der Waals surface area contributed by atoms with Crippen molar-refractivity contribution >= 4 is 39.6 Å². The van der Waals surface area contributed by atoms with Crippen molar-refractivity contribution in [2.45, 2.75) is 18.9 Å². The molecule has 0 radical (unpaired) electrons. The van der Waals surface area contributed by atoms with Gasteiger partial charge in [-0.3, -0.25) is 10.1 Å². The number of carboxylic acid groups (broad SMARTS) is 1. The summed E-state index contributed by atoms with van der Waals surface area (Å²) < 4.78 is 6.13. The first-order valence-corrected chi connectivity index (χ1v) is 11.5. The van der Waals surface area contributed by atoms with Crippen molar-refractivity contribution in [2.75, 3.05) is 19.0 Å². The fraction of sp³-hybridized carbons (Fsp3) is 0.192. The topological polar surface area (TPSA) is 95.9 Å². The van der Waals surface area contributed by atoms with Crippen LogP contribution in [0.25, 0.3) is 11.1 Å². The van der Waals surface area contributed by atoms with Gasteiger partial charge in [0.05, 0.1) is 5.69 Å². The van der Waals surface area contributed by atoms with Gasteiger partial charge < -0.3 is 14.7 Å². The molecule has 1 atom stereocenters. The molecule has 1 aliphatic rings. The number of likely N-dealkylation sites (N-methyl/N-ethyl adjacent to an activating group) is 1. The van der Waals surface area contributed by atoms with Gasteiger partial charge in [-0.2, -0.15) is 0 Å². The highest BCUT2D eigenvalue weighted by Crippen LogP contribution is 2.44. The summed E-state index contributed by atoms with van der Waals surface area (Å²) in [5, 5.41) is 11.8. The van der Waals surface area contributed by atoms with Crippen LogP contribution in [0.15, 0.2) is 71.2 Å². The number of anilines is 1. The van der Waals surface area contributed by atoms with E-state index in [9.17, 15) is 14.4 Å². The largest absolute Gasteiger partial charge is 0.480 e. The Morgan fingerprint density at radius 2 is 1.62 bits per heavy atom. The molecule has 7 nitrogen and oxygen atoms in total. The van der Waals surface area contributed by atoms with Crippen LogP contribution < -0.4 is 5.32 Å². The van der Waals surface area contributed by atoms with Crippen LogP contribution in [0.4, 0.5) is 10.5 Å². The maximum absolute atomic E-state index is 12.7. The van der Waals surface area contributed by atoms with E-state index >= 15 is 0 Å². The van der Waals surface area contributed by atoms with Crippen molar-refractivity contribution in [2.24, 2.45) is 0 Å². The standard InChI is InChI=1S/C26H23BrN2O5/c1-15(25(31)32)29(2)24(30)16-11-12-22(27)23(13-16)28-26(33)34-14-21-19-9-5-3-7-17(19)18-8-4-6-10-20(18)21/h3-13,15,21H,14H2,1-2H3,(H,28,33)(H,31,32)/t15-/m0/s1. The molecule has 8 heteroatoms. The molecule has 4 rings (SSSR count). The van der Waals surface area contributed by atoms with Gasteiger partial charge in [0.15, 0.2) is 0 Å². The Bertz CT molecular complexity index is 1230. The Labute approximate surface area is 205 Å². The van der Waals surface area contributed by atoms with Crippen LogP contribution in [0.1, 0.15) is 34.3 Å². The van der Waals surface area contributed by atoms with E-state index in [1.807, 2.05) is 36.4 Å². The van der Waals surface area contributed by atoms with E-state index in [-0.39, 0.29) is 18.1 Å². The normalized spacial score (nSPS) is 12.9. The minimum Gasteiger partial charge on any atom is -0.480 e. The minimum atomic E-state index is -1.11.